The summed E-state index contributed by atoms with van der Waals surface area (Å²) in [7, 11) is 0. The number of nitrogens with one attached hydrogen (secondary N) is 1. The first kappa shape index (κ1) is 14.9. The van der Waals surface area contributed by atoms with Crippen LogP contribution in [0.1, 0.15) is 24.1 Å². The molecule has 0 heterocycles. The maximum atomic E-state index is 6.24. The third-order valence-electron chi connectivity index (χ3n) is 2.95. The van der Waals surface area contributed by atoms with Crippen LogP contribution in [0.5, 0.6) is 0 Å². The zero-order chi connectivity index (χ0) is 13.8. The highest BCUT2D eigenvalue weighted by Crippen LogP contribution is 2.26. The predicted molar refractivity (Wildman–Crippen MR) is 85.9 cm³/mol. The molecule has 0 aliphatic carbocycles. The molecule has 1 unspecified atom stereocenters. The fourth-order valence-corrected chi connectivity index (χ4v) is 2.80. The molecule has 0 fully saturated rings. The van der Waals surface area contributed by atoms with E-state index >= 15 is 0 Å². The van der Waals surface area contributed by atoms with Crippen LogP contribution in [0.3, 0.4) is 0 Å². The average Bonchev–Trinajstić information content (AvgIpc) is 2.37. The molecule has 0 radical (unpaired) electrons. The maximum Gasteiger partial charge on any atom is 0.0464 e. The fourth-order valence-electron chi connectivity index (χ4n) is 1.84. The van der Waals surface area contributed by atoms with Crippen LogP contribution in [0.4, 0.5) is 0 Å². The van der Waals surface area contributed by atoms with Crippen molar-refractivity contribution in [1.29, 1.82) is 0 Å². The Morgan fingerprint density at radius 3 is 2.42 bits per heavy atom. The first-order chi connectivity index (χ1) is 9.06. The number of halogens is 3. The van der Waals surface area contributed by atoms with E-state index in [0.717, 1.165) is 26.6 Å². The Labute approximate surface area is 132 Å². The van der Waals surface area contributed by atoms with Gasteiger partial charge in [-0.1, -0.05) is 57.3 Å². The van der Waals surface area contributed by atoms with Gasteiger partial charge in [-0.15, -0.1) is 0 Å². The summed E-state index contributed by atoms with van der Waals surface area (Å²) in [4.78, 5) is 0. The van der Waals surface area contributed by atoms with Crippen molar-refractivity contribution in [1.82, 2.24) is 5.32 Å². The molecule has 19 heavy (non-hydrogen) atoms. The smallest absolute Gasteiger partial charge is 0.0464 e. The lowest BCUT2D eigenvalue weighted by Gasteiger charge is -2.16. The van der Waals surface area contributed by atoms with E-state index < -0.39 is 0 Å². The van der Waals surface area contributed by atoms with Gasteiger partial charge in [0.25, 0.3) is 0 Å². The highest BCUT2D eigenvalue weighted by atomic mass is 79.9. The Morgan fingerprint density at radius 1 is 1.11 bits per heavy atom. The van der Waals surface area contributed by atoms with Crippen LogP contribution in [-0.4, -0.2) is 0 Å². The van der Waals surface area contributed by atoms with Crippen LogP contribution < -0.4 is 5.32 Å². The molecule has 0 aromatic heterocycles. The molecule has 0 saturated heterocycles. The van der Waals surface area contributed by atoms with Crippen LogP contribution in [0, 0.1) is 0 Å². The molecule has 4 heteroatoms. The van der Waals surface area contributed by atoms with Crippen molar-refractivity contribution in [2.75, 3.05) is 0 Å². The third-order valence-corrected chi connectivity index (χ3v) is 4.03. The van der Waals surface area contributed by atoms with Crippen LogP contribution >= 0.6 is 39.1 Å². The van der Waals surface area contributed by atoms with Crippen molar-refractivity contribution in [2.24, 2.45) is 0 Å². The lowest BCUT2D eigenvalue weighted by atomic mass is 10.1. The number of rotatable bonds is 4. The molecule has 0 aliphatic heterocycles. The zero-order valence-corrected chi connectivity index (χ0v) is 13.6. The van der Waals surface area contributed by atoms with E-state index in [1.54, 1.807) is 0 Å². The highest BCUT2D eigenvalue weighted by molar-refractivity contribution is 9.10. The summed E-state index contributed by atoms with van der Waals surface area (Å²) in [6, 6.07) is 14.0. The predicted octanol–water partition coefficient (Wildman–Crippen LogP) is 5.61. The molecule has 0 spiro atoms. The van der Waals surface area contributed by atoms with Gasteiger partial charge in [0.2, 0.25) is 0 Å². The zero-order valence-electron chi connectivity index (χ0n) is 10.5. The molecule has 1 atom stereocenters. The van der Waals surface area contributed by atoms with E-state index in [1.807, 2.05) is 42.5 Å². The van der Waals surface area contributed by atoms with Crippen molar-refractivity contribution in [3.05, 3.63) is 68.1 Å². The second kappa shape index (κ2) is 6.76. The average molecular weight is 359 g/mol. The largest absolute Gasteiger partial charge is 0.306 e. The molecule has 1 N–H and O–H groups in total. The monoisotopic (exact) mass is 357 g/mol. The summed E-state index contributed by atoms with van der Waals surface area (Å²) in [6.07, 6.45) is 0. The number of hydrogen-bond acceptors (Lipinski definition) is 1. The minimum absolute atomic E-state index is 0.191. The van der Waals surface area contributed by atoms with E-state index in [9.17, 15) is 0 Å². The first-order valence-corrected chi connectivity index (χ1v) is 7.54. The molecule has 2 rings (SSSR count). The number of benzene rings is 2. The van der Waals surface area contributed by atoms with Crippen molar-refractivity contribution < 1.29 is 0 Å². The topological polar surface area (TPSA) is 12.0 Å². The third kappa shape index (κ3) is 4.22. The Hall–Kier alpha value is -0.540. The van der Waals surface area contributed by atoms with Crippen molar-refractivity contribution in [3.63, 3.8) is 0 Å². The molecule has 2 aromatic carbocycles. The van der Waals surface area contributed by atoms with Crippen molar-refractivity contribution in [2.45, 2.75) is 19.5 Å². The van der Waals surface area contributed by atoms with Crippen molar-refractivity contribution >= 4 is 39.1 Å². The summed E-state index contributed by atoms with van der Waals surface area (Å²) in [5.74, 6) is 0. The van der Waals surface area contributed by atoms with Crippen LogP contribution in [-0.2, 0) is 6.54 Å². The lowest BCUT2D eigenvalue weighted by Crippen LogP contribution is -2.18. The molecule has 0 saturated carbocycles. The van der Waals surface area contributed by atoms with E-state index in [2.05, 4.69) is 28.2 Å². The Balaban J connectivity index is 2.01. The normalized spacial score (nSPS) is 12.4. The SMILES string of the molecule is CC(NCc1ccc(Cl)cc1)c1ccc(Br)cc1Cl. The Morgan fingerprint density at radius 2 is 1.79 bits per heavy atom. The molecular weight excluding hydrogens is 345 g/mol. The fraction of sp³-hybridized carbons (Fsp3) is 0.200. The second-order valence-corrected chi connectivity index (χ2v) is 6.15. The summed E-state index contributed by atoms with van der Waals surface area (Å²) < 4.78 is 0.992. The molecule has 100 valence electrons. The maximum absolute atomic E-state index is 6.24. The standard InChI is InChI=1S/C15H14BrCl2N/c1-10(14-7-4-12(16)8-15(14)18)19-9-11-2-5-13(17)6-3-11/h2-8,10,19H,9H2,1H3. The molecule has 1 nitrogen and oxygen atoms in total. The van der Waals surface area contributed by atoms with E-state index in [1.165, 1.54) is 5.56 Å². The van der Waals surface area contributed by atoms with E-state index in [4.69, 9.17) is 23.2 Å². The van der Waals surface area contributed by atoms with Gasteiger partial charge < -0.3 is 5.32 Å². The van der Waals surface area contributed by atoms with Crippen molar-refractivity contribution in [3.8, 4) is 0 Å². The minimum Gasteiger partial charge on any atom is -0.306 e. The van der Waals surface area contributed by atoms with Gasteiger partial charge in [-0.3, -0.25) is 0 Å². The number of hydrogen-bond donors (Lipinski definition) is 1. The van der Waals surface area contributed by atoms with Gasteiger partial charge >= 0.3 is 0 Å². The highest BCUT2D eigenvalue weighted by Gasteiger charge is 2.09. The van der Waals surface area contributed by atoms with Crippen LogP contribution in [0.15, 0.2) is 46.9 Å². The van der Waals surface area contributed by atoms with Gasteiger partial charge in [-0.2, -0.15) is 0 Å². The van der Waals surface area contributed by atoms with Gasteiger partial charge in [-0.25, -0.2) is 0 Å². The van der Waals surface area contributed by atoms with Gasteiger partial charge in [0.1, 0.15) is 0 Å². The van der Waals surface area contributed by atoms with Gasteiger partial charge in [0.15, 0.2) is 0 Å². The van der Waals surface area contributed by atoms with Gasteiger partial charge in [0.05, 0.1) is 0 Å². The molecular formula is C15H14BrCl2N. The van der Waals surface area contributed by atoms with E-state index in [0.29, 0.717) is 0 Å². The first-order valence-electron chi connectivity index (χ1n) is 5.99. The molecule has 2 aromatic rings. The van der Waals surface area contributed by atoms with Gasteiger partial charge in [0, 0.05) is 27.1 Å². The quantitative estimate of drug-likeness (QED) is 0.749. The second-order valence-electron chi connectivity index (χ2n) is 4.39. The Bertz CT molecular complexity index is 555. The van der Waals surface area contributed by atoms with E-state index in [-0.39, 0.29) is 6.04 Å². The minimum atomic E-state index is 0.191. The molecule has 0 amide bonds. The van der Waals surface area contributed by atoms with Gasteiger partial charge in [-0.05, 0) is 42.3 Å². The van der Waals surface area contributed by atoms with Crippen LogP contribution in [0.2, 0.25) is 10.0 Å². The summed E-state index contributed by atoms with van der Waals surface area (Å²) >= 11 is 15.5. The molecule has 0 aliphatic rings. The summed E-state index contributed by atoms with van der Waals surface area (Å²) in [6.45, 7) is 2.88. The summed E-state index contributed by atoms with van der Waals surface area (Å²) in [5.41, 5.74) is 2.29. The lowest BCUT2D eigenvalue weighted by molar-refractivity contribution is 0.575. The molecule has 0 bridgehead atoms. The summed E-state index contributed by atoms with van der Waals surface area (Å²) in [5, 5.41) is 4.98. The Kier molecular flexibility index (Phi) is 5.28. The van der Waals surface area contributed by atoms with Crippen LogP contribution in [0.25, 0.3) is 0 Å².